The topological polar surface area (TPSA) is 38.3 Å². The minimum atomic E-state index is -0.101. The molecular formula is C12H16ClNO2S. The van der Waals surface area contributed by atoms with E-state index in [9.17, 15) is 4.79 Å². The van der Waals surface area contributed by atoms with E-state index in [2.05, 4.69) is 5.32 Å². The van der Waals surface area contributed by atoms with Gasteiger partial charge in [-0.1, -0.05) is 11.6 Å². The Morgan fingerprint density at radius 3 is 2.94 bits per heavy atom. The van der Waals surface area contributed by atoms with Crippen molar-refractivity contribution in [3.05, 3.63) is 21.3 Å². The van der Waals surface area contributed by atoms with Crippen LogP contribution in [0.25, 0.3) is 0 Å². The van der Waals surface area contributed by atoms with Crippen molar-refractivity contribution in [2.75, 3.05) is 13.7 Å². The molecule has 1 fully saturated rings. The van der Waals surface area contributed by atoms with E-state index in [1.165, 1.54) is 24.2 Å². The molecule has 1 aliphatic rings. The highest BCUT2D eigenvalue weighted by Crippen LogP contribution is 2.32. The first-order chi connectivity index (χ1) is 8.19. The molecule has 3 nitrogen and oxygen atoms in total. The number of hydrogen-bond acceptors (Lipinski definition) is 3. The summed E-state index contributed by atoms with van der Waals surface area (Å²) in [5.74, 6) is 0.740. The van der Waals surface area contributed by atoms with E-state index in [0.717, 1.165) is 9.21 Å². The fourth-order valence-electron chi connectivity index (χ4n) is 1.66. The summed E-state index contributed by atoms with van der Waals surface area (Å²) in [5, 5.41) is 2.91. The van der Waals surface area contributed by atoms with Crippen LogP contribution in [-0.2, 0) is 9.53 Å². The maximum absolute atomic E-state index is 11.6. The van der Waals surface area contributed by atoms with Gasteiger partial charge in [-0.15, -0.1) is 11.3 Å². The number of rotatable bonds is 6. The van der Waals surface area contributed by atoms with Crippen molar-refractivity contribution in [2.24, 2.45) is 5.92 Å². The molecule has 0 spiro atoms. The summed E-state index contributed by atoms with van der Waals surface area (Å²) in [6.45, 7) is 0.513. The molecule has 17 heavy (non-hydrogen) atoms. The standard InChI is InChI=1S/C12H16ClNO2S/c1-16-9(10-4-5-11(13)17-10)7-14-12(15)6-8-2-3-8/h4-5,8-9H,2-3,6-7H2,1H3,(H,14,15). The van der Waals surface area contributed by atoms with Gasteiger partial charge >= 0.3 is 0 Å². The number of ether oxygens (including phenoxy) is 1. The molecule has 1 unspecified atom stereocenters. The normalized spacial score (nSPS) is 16.8. The fourth-order valence-corrected chi connectivity index (χ4v) is 2.80. The highest BCUT2D eigenvalue weighted by atomic mass is 35.5. The molecule has 5 heteroatoms. The monoisotopic (exact) mass is 273 g/mol. The molecule has 1 aromatic rings. The Hall–Kier alpha value is -0.580. The quantitative estimate of drug-likeness (QED) is 0.865. The molecule has 2 rings (SSSR count). The molecule has 0 bridgehead atoms. The molecule has 1 heterocycles. The van der Waals surface area contributed by atoms with Crippen molar-refractivity contribution >= 4 is 28.8 Å². The van der Waals surface area contributed by atoms with Gasteiger partial charge in [0.2, 0.25) is 5.91 Å². The lowest BCUT2D eigenvalue weighted by Gasteiger charge is -2.14. The third-order valence-electron chi connectivity index (χ3n) is 2.85. The first kappa shape index (κ1) is 12.9. The minimum absolute atomic E-state index is 0.101. The van der Waals surface area contributed by atoms with Gasteiger partial charge in [0.15, 0.2) is 0 Å². The molecule has 1 aromatic heterocycles. The molecule has 0 radical (unpaired) electrons. The Labute approximate surface area is 110 Å². The molecule has 0 saturated heterocycles. The number of thiophene rings is 1. The van der Waals surface area contributed by atoms with Gasteiger partial charge in [0.05, 0.1) is 4.34 Å². The summed E-state index contributed by atoms with van der Waals surface area (Å²) < 4.78 is 6.10. The summed E-state index contributed by atoms with van der Waals surface area (Å²) in [6.07, 6.45) is 2.95. The Kier molecular flexibility index (Phi) is 4.42. The van der Waals surface area contributed by atoms with E-state index in [0.29, 0.717) is 18.9 Å². The van der Waals surface area contributed by atoms with Gasteiger partial charge < -0.3 is 10.1 Å². The maximum atomic E-state index is 11.6. The predicted octanol–water partition coefficient (Wildman–Crippen LogP) is 3.01. The molecule has 1 atom stereocenters. The van der Waals surface area contributed by atoms with Crippen molar-refractivity contribution in [3.63, 3.8) is 0 Å². The van der Waals surface area contributed by atoms with Gasteiger partial charge in [0, 0.05) is 25.0 Å². The molecule has 1 amide bonds. The molecule has 0 aliphatic heterocycles. The smallest absolute Gasteiger partial charge is 0.220 e. The van der Waals surface area contributed by atoms with E-state index in [1.807, 2.05) is 12.1 Å². The molecule has 1 aliphatic carbocycles. The van der Waals surface area contributed by atoms with Crippen LogP contribution in [0.3, 0.4) is 0 Å². The van der Waals surface area contributed by atoms with Crippen molar-refractivity contribution in [3.8, 4) is 0 Å². The van der Waals surface area contributed by atoms with Gasteiger partial charge in [0.25, 0.3) is 0 Å². The summed E-state index contributed by atoms with van der Waals surface area (Å²) in [4.78, 5) is 12.6. The third kappa shape index (κ3) is 3.98. The molecule has 94 valence electrons. The number of carbonyl (C=O) groups is 1. The summed E-state index contributed by atoms with van der Waals surface area (Å²) in [5.41, 5.74) is 0. The van der Waals surface area contributed by atoms with Gasteiger partial charge in [0.1, 0.15) is 6.10 Å². The molecular weight excluding hydrogens is 258 g/mol. The molecule has 1 saturated carbocycles. The Morgan fingerprint density at radius 1 is 1.65 bits per heavy atom. The molecule has 0 aromatic carbocycles. The van der Waals surface area contributed by atoms with E-state index in [4.69, 9.17) is 16.3 Å². The Bertz CT molecular complexity index is 390. The number of nitrogens with one attached hydrogen (secondary N) is 1. The number of hydrogen-bond donors (Lipinski definition) is 1. The summed E-state index contributed by atoms with van der Waals surface area (Å²) in [7, 11) is 1.64. The second kappa shape index (κ2) is 5.85. The largest absolute Gasteiger partial charge is 0.374 e. The van der Waals surface area contributed by atoms with E-state index in [1.54, 1.807) is 7.11 Å². The highest BCUT2D eigenvalue weighted by molar-refractivity contribution is 7.16. The van der Waals surface area contributed by atoms with Crippen LogP contribution in [0, 0.1) is 5.92 Å². The van der Waals surface area contributed by atoms with Crippen LogP contribution < -0.4 is 5.32 Å². The van der Waals surface area contributed by atoms with Crippen molar-refractivity contribution in [2.45, 2.75) is 25.4 Å². The second-order valence-corrected chi connectivity index (χ2v) is 6.06. The number of carbonyl (C=O) groups excluding carboxylic acids is 1. The lowest BCUT2D eigenvalue weighted by atomic mass is 10.2. The van der Waals surface area contributed by atoms with Crippen molar-refractivity contribution in [1.29, 1.82) is 0 Å². The zero-order chi connectivity index (χ0) is 12.3. The first-order valence-electron chi connectivity index (χ1n) is 5.73. The Morgan fingerprint density at radius 2 is 2.41 bits per heavy atom. The second-order valence-electron chi connectivity index (χ2n) is 4.32. The predicted molar refractivity (Wildman–Crippen MR) is 69.4 cm³/mol. The van der Waals surface area contributed by atoms with E-state index < -0.39 is 0 Å². The summed E-state index contributed by atoms with van der Waals surface area (Å²) in [6, 6.07) is 3.79. The number of halogens is 1. The van der Waals surface area contributed by atoms with Gasteiger partial charge in [-0.05, 0) is 30.9 Å². The summed E-state index contributed by atoms with van der Waals surface area (Å²) >= 11 is 7.36. The zero-order valence-electron chi connectivity index (χ0n) is 9.74. The lowest BCUT2D eigenvalue weighted by molar-refractivity contribution is -0.122. The van der Waals surface area contributed by atoms with Crippen LogP contribution in [0.5, 0.6) is 0 Å². The SMILES string of the molecule is COC(CNC(=O)CC1CC1)c1ccc(Cl)s1. The minimum Gasteiger partial charge on any atom is -0.374 e. The highest BCUT2D eigenvalue weighted by Gasteiger charge is 2.24. The van der Waals surface area contributed by atoms with Crippen LogP contribution in [0.15, 0.2) is 12.1 Å². The number of methoxy groups -OCH3 is 1. The molecule has 1 N–H and O–H groups in total. The van der Waals surface area contributed by atoms with Crippen molar-refractivity contribution < 1.29 is 9.53 Å². The van der Waals surface area contributed by atoms with Gasteiger partial charge in [-0.3, -0.25) is 4.79 Å². The van der Waals surface area contributed by atoms with E-state index in [-0.39, 0.29) is 12.0 Å². The van der Waals surface area contributed by atoms with Crippen LogP contribution in [0.2, 0.25) is 4.34 Å². The zero-order valence-corrected chi connectivity index (χ0v) is 11.3. The van der Waals surface area contributed by atoms with E-state index >= 15 is 0 Å². The average molecular weight is 274 g/mol. The van der Waals surface area contributed by atoms with Crippen LogP contribution in [-0.4, -0.2) is 19.6 Å². The average Bonchev–Trinajstić information content (AvgIpc) is 3.00. The van der Waals surface area contributed by atoms with Crippen LogP contribution in [0.1, 0.15) is 30.2 Å². The number of amides is 1. The third-order valence-corrected chi connectivity index (χ3v) is 4.17. The van der Waals surface area contributed by atoms with Crippen LogP contribution >= 0.6 is 22.9 Å². The maximum Gasteiger partial charge on any atom is 0.220 e. The van der Waals surface area contributed by atoms with Gasteiger partial charge in [-0.25, -0.2) is 0 Å². The van der Waals surface area contributed by atoms with Gasteiger partial charge in [-0.2, -0.15) is 0 Å². The van der Waals surface area contributed by atoms with Crippen LogP contribution in [0.4, 0.5) is 0 Å². The first-order valence-corrected chi connectivity index (χ1v) is 6.93. The lowest BCUT2D eigenvalue weighted by Crippen LogP contribution is -2.28. The fraction of sp³-hybridized carbons (Fsp3) is 0.583. The van der Waals surface area contributed by atoms with Crippen molar-refractivity contribution in [1.82, 2.24) is 5.32 Å². The Balaban J connectivity index is 1.80.